The van der Waals surface area contributed by atoms with E-state index in [1.54, 1.807) is 0 Å². The van der Waals surface area contributed by atoms with Crippen LogP contribution in [0.1, 0.15) is 24.5 Å². The van der Waals surface area contributed by atoms with E-state index in [9.17, 15) is 26.7 Å². The molecule has 0 radical (unpaired) electrons. The SMILES string of the molecule is CCOC(=O)Cc1cnc(I)c(C(F)F)c1OC(F)(F)F. The predicted molar refractivity (Wildman–Crippen MR) is 68.9 cm³/mol. The van der Waals surface area contributed by atoms with Crippen LogP contribution >= 0.6 is 22.6 Å². The van der Waals surface area contributed by atoms with Crippen LogP contribution in [0.4, 0.5) is 22.0 Å². The maximum Gasteiger partial charge on any atom is 0.573 e. The molecule has 0 spiro atoms. The molecule has 0 amide bonds. The predicted octanol–water partition coefficient (Wildman–Crippen LogP) is 3.63. The van der Waals surface area contributed by atoms with E-state index in [0.717, 1.165) is 6.20 Å². The Kier molecular flexibility index (Phi) is 6.10. The second kappa shape index (κ2) is 7.18. The molecule has 0 atom stereocenters. The van der Waals surface area contributed by atoms with Gasteiger partial charge in [0.25, 0.3) is 6.43 Å². The number of ether oxygens (including phenoxy) is 2. The molecule has 0 bridgehead atoms. The quantitative estimate of drug-likeness (QED) is 0.313. The summed E-state index contributed by atoms with van der Waals surface area (Å²) in [5, 5.41) is 0. The van der Waals surface area contributed by atoms with Crippen LogP contribution in [0.3, 0.4) is 0 Å². The number of carbonyl (C=O) groups excluding carboxylic acids is 1. The van der Waals surface area contributed by atoms with E-state index in [0.29, 0.717) is 0 Å². The number of alkyl halides is 5. The summed E-state index contributed by atoms with van der Waals surface area (Å²) in [5.74, 6) is -1.97. The standard InChI is InChI=1S/C11H9F5INO3/c1-2-20-6(19)3-5-4-18-10(17)7(9(12)13)8(5)21-11(14,15)16/h4,9H,2-3H2,1H3. The zero-order chi connectivity index (χ0) is 16.2. The summed E-state index contributed by atoms with van der Waals surface area (Å²) in [7, 11) is 0. The molecule has 21 heavy (non-hydrogen) atoms. The van der Waals surface area contributed by atoms with Gasteiger partial charge in [0.15, 0.2) is 0 Å². The summed E-state index contributed by atoms with van der Waals surface area (Å²) in [6, 6.07) is 0. The van der Waals surface area contributed by atoms with E-state index >= 15 is 0 Å². The van der Waals surface area contributed by atoms with Crippen molar-refractivity contribution in [1.82, 2.24) is 4.98 Å². The average Bonchev–Trinajstić information content (AvgIpc) is 2.30. The van der Waals surface area contributed by atoms with Crippen LogP contribution in [0.2, 0.25) is 0 Å². The number of rotatable bonds is 5. The first-order valence-electron chi connectivity index (χ1n) is 5.52. The molecular weight excluding hydrogens is 416 g/mol. The van der Waals surface area contributed by atoms with Gasteiger partial charge in [-0.1, -0.05) is 0 Å². The first kappa shape index (κ1) is 17.9. The highest BCUT2D eigenvalue weighted by Crippen LogP contribution is 2.38. The summed E-state index contributed by atoms with van der Waals surface area (Å²) in [5.41, 5.74) is -1.42. The lowest BCUT2D eigenvalue weighted by molar-refractivity contribution is -0.275. The van der Waals surface area contributed by atoms with Crippen molar-refractivity contribution in [3.63, 3.8) is 0 Å². The fourth-order valence-electron chi connectivity index (χ4n) is 1.45. The Hall–Kier alpha value is -1.20. The number of nitrogens with zero attached hydrogens (tertiary/aromatic N) is 1. The molecule has 1 aromatic heterocycles. The fourth-order valence-corrected chi connectivity index (χ4v) is 2.07. The second-order valence-corrected chi connectivity index (χ2v) is 4.67. The number of pyridine rings is 1. The van der Waals surface area contributed by atoms with Crippen LogP contribution < -0.4 is 4.74 Å². The van der Waals surface area contributed by atoms with Gasteiger partial charge in [0.1, 0.15) is 9.45 Å². The molecule has 0 N–H and O–H groups in total. The van der Waals surface area contributed by atoms with Crippen LogP contribution in [0, 0.1) is 3.70 Å². The van der Waals surface area contributed by atoms with Crippen molar-refractivity contribution in [2.24, 2.45) is 0 Å². The minimum absolute atomic E-state index is 0.00773. The Balaban J connectivity index is 3.29. The molecule has 0 aromatic carbocycles. The lowest BCUT2D eigenvalue weighted by Crippen LogP contribution is -2.21. The number of halogens is 6. The highest BCUT2D eigenvalue weighted by molar-refractivity contribution is 14.1. The van der Waals surface area contributed by atoms with Gasteiger partial charge in [-0.2, -0.15) is 0 Å². The molecule has 0 saturated carbocycles. The molecule has 0 aliphatic carbocycles. The Morgan fingerprint density at radius 2 is 2.05 bits per heavy atom. The molecule has 1 aromatic rings. The van der Waals surface area contributed by atoms with Crippen molar-refractivity contribution in [3.8, 4) is 5.75 Å². The number of esters is 1. The van der Waals surface area contributed by atoms with E-state index in [-0.39, 0.29) is 10.3 Å². The zero-order valence-electron chi connectivity index (χ0n) is 10.5. The van der Waals surface area contributed by atoms with Crippen LogP contribution in [0.5, 0.6) is 5.75 Å². The average molecular weight is 425 g/mol. The molecule has 1 heterocycles. The van der Waals surface area contributed by atoms with Crippen molar-refractivity contribution >= 4 is 28.6 Å². The van der Waals surface area contributed by atoms with Gasteiger partial charge < -0.3 is 9.47 Å². The Bertz CT molecular complexity index is 521. The summed E-state index contributed by atoms with van der Waals surface area (Å²) in [6.45, 7) is 1.51. The third-order valence-corrected chi connectivity index (χ3v) is 3.03. The smallest absolute Gasteiger partial charge is 0.466 e. The van der Waals surface area contributed by atoms with Crippen molar-refractivity contribution in [2.45, 2.75) is 26.1 Å². The van der Waals surface area contributed by atoms with E-state index in [2.05, 4.69) is 14.5 Å². The third kappa shape index (κ3) is 5.25. The van der Waals surface area contributed by atoms with Gasteiger partial charge in [-0.05, 0) is 29.5 Å². The maximum absolute atomic E-state index is 12.9. The van der Waals surface area contributed by atoms with Gasteiger partial charge >= 0.3 is 12.3 Å². The number of hydrogen-bond acceptors (Lipinski definition) is 4. The second-order valence-electron chi connectivity index (χ2n) is 3.65. The molecule has 0 fully saturated rings. The largest absolute Gasteiger partial charge is 0.573 e. The molecule has 118 valence electrons. The molecule has 1 rings (SSSR count). The molecule has 0 saturated heterocycles. The highest BCUT2D eigenvalue weighted by atomic mass is 127. The van der Waals surface area contributed by atoms with Crippen molar-refractivity contribution < 1.29 is 36.2 Å². The normalized spacial score (nSPS) is 11.6. The molecule has 0 aliphatic heterocycles. The minimum atomic E-state index is -5.17. The first-order chi connectivity index (χ1) is 9.65. The monoisotopic (exact) mass is 425 g/mol. The molecule has 10 heteroatoms. The fraction of sp³-hybridized carbons (Fsp3) is 0.455. The van der Waals surface area contributed by atoms with Gasteiger partial charge in [-0.25, -0.2) is 13.8 Å². The summed E-state index contributed by atoms with van der Waals surface area (Å²) >= 11 is 1.37. The Labute approximate surface area is 129 Å². The zero-order valence-corrected chi connectivity index (χ0v) is 12.7. The van der Waals surface area contributed by atoms with Gasteiger partial charge in [0, 0.05) is 11.8 Å². The summed E-state index contributed by atoms with van der Waals surface area (Å²) < 4.78 is 70.9. The number of hydrogen-bond donors (Lipinski definition) is 0. The summed E-state index contributed by atoms with van der Waals surface area (Å²) in [6.07, 6.45) is -8.17. The van der Waals surface area contributed by atoms with Crippen LogP contribution in [0.25, 0.3) is 0 Å². The van der Waals surface area contributed by atoms with E-state index in [1.807, 2.05) is 0 Å². The van der Waals surface area contributed by atoms with Crippen LogP contribution in [0.15, 0.2) is 6.20 Å². The van der Waals surface area contributed by atoms with Gasteiger partial charge in [-0.15, -0.1) is 13.2 Å². The van der Waals surface area contributed by atoms with Crippen LogP contribution in [-0.4, -0.2) is 23.9 Å². The Morgan fingerprint density at radius 3 is 2.52 bits per heavy atom. The maximum atomic E-state index is 12.9. The minimum Gasteiger partial charge on any atom is -0.466 e. The number of aromatic nitrogens is 1. The number of carbonyl (C=O) groups is 1. The first-order valence-corrected chi connectivity index (χ1v) is 6.60. The third-order valence-electron chi connectivity index (χ3n) is 2.17. The summed E-state index contributed by atoms with van der Waals surface area (Å²) in [4.78, 5) is 14.9. The van der Waals surface area contributed by atoms with Gasteiger partial charge in [0.05, 0.1) is 18.6 Å². The lowest BCUT2D eigenvalue weighted by atomic mass is 10.1. The Morgan fingerprint density at radius 1 is 1.43 bits per heavy atom. The van der Waals surface area contributed by atoms with E-state index in [1.165, 1.54) is 29.5 Å². The highest BCUT2D eigenvalue weighted by Gasteiger charge is 2.36. The topological polar surface area (TPSA) is 48.4 Å². The van der Waals surface area contributed by atoms with E-state index in [4.69, 9.17) is 0 Å². The molecule has 4 nitrogen and oxygen atoms in total. The molecule has 0 unspecified atom stereocenters. The molecular formula is C11H9F5INO3. The lowest BCUT2D eigenvalue weighted by Gasteiger charge is -2.17. The van der Waals surface area contributed by atoms with Crippen molar-refractivity contribution in [2.75, 3.05) is 6.61 Å². The van der Waals surface area contributed by atoms with Crippen LogP contribution in [-0.2, 0) is 16.0 Å². The van der Waals surface area contributed by atoms with Crippen molar-refractivity contribution in [1.29, 1.82) is 0 Å². The van der Waals surface area contributed by atoms with Gasteiger partial charge in [0.2, 0.25) is 0 Å². The van der Waals surface area contributed by atoms with Crippen molar-refractivity contribution in [3.05, 3.63) is 21.0 Å². The van der Waals surface area contributed by atoms with Gasteiger partial charge in [-0.3, -0.25) is 4.79 Å². The molecule has 0 aliphatic rings. The van der Waals surface area contributed by atoms with E-state index < -0.39 is 42.1 Å².